The van der Waals surface area contributed by atoms with Crippen LogP contribution in [0.25, 0.3) is 0 Å². The predicted molar refractivity (Wildman–Crippen MR) is 79.2 cm³/mol. The Hall–Kier alpha value is -2.28. The van der Waals surface area contributed by atoms with E-state index in [-0.39, 0.29) is 0 Å². The normalized spacial score (nSPS) is 16.9. The molecular formula is C16H13F2NO3S. The number of carbonyl (C=O) groups excluding carboxylic acids is 1. The summed E-state index contributed by atoms with van der Waals surface area (Å²) in [6.45, 7) is 0. The van der Waals surface area contributed by atoms with Crippen LogP contribution in [0.4, 0.5) is 8.78 Å². The van der Waals surface area contributed by atoms with Crippen molar-refractivity contribution in [2.45, 2.75) is 23.7 Å². The van der Waals surface area contributed by atoms with E-state index < -0.39 is 38.4 Å². The monoisotopic (exact) mass is 337 g/mol. The summed E-state index contributed by atoms with van der Waals surface area (Å²) in [7, 11) is -4.39. The molecule has 3 rings (SSSR count). The fourth-order valence-corrected chi connectivity index (χ4v) is 3.86. The smallest absolute Gasteiger partial charge is 0.266 e. The minimum absolute atomic E-state index is 0.462. The SMILES string of the molecule is O=C(NS(=O)(=O)c1ccc(F)cc1F)[C@@H]1CCc2ccccc21. The number of nitrogens with one attached hydrogen (secondary N) is 1. The lowest BCUT2D eigenvalue weighted by Crippen LogP contribution is -2.34. The fraction of sp³-hybridized carbons (Fsp3) is 0.188. The van der Waals surface area contributed by atoms with E-state index in [1.165, 1.54) is 0 Å². The molecule has 0 fully saturated rings. The van der Waals surface area contributed by atoms with Crippen molar-refractivity contribution >= 4 is 15.9 Å². The molecule has 1 N–H and O–H groups in total. The lowest BCUT2D eigenvalue weighted by atomic mass is 10.0. The molecular weight excluding hydrogens is 324 g/mol. The summed E-state index contributed by atoms with van der Waals surface area (Å²) in [5, 5.41) is 0. The first-order chi connectivity index (χ1) is 10.9. The molecule has 1 aliphatic carbocycles. The van der Waals surface area contributed by atoms with Gasteiger partial charge < -0.3 is 0 Å². The van der Waals surface area contributed by atoms with Crippen molar-refractivity contribution in [2.75, 3.05) is 0 Å². The third-order valence-corrected chi connectivity index (χ3v) is 5.25. The fourth-order valence-electron chi connectivity index (χ4n) is 2.78. The van der Waals surface area contributed by atoms with Crippen molar-refractivity contribution in [3.05, 3.63) is 65.2 Å². The van der Waals surface area contributed by atoms with Gasteiger partial charge in [-0.25, -0.2) is 21.9 Å². The summed E-state index contributed by atoms with van der Waals surface area (Å²) in [5.74, 6) is -3.43. The number of fused-ring (bicyclic) bond motifs is 1. The predicted octanol–water partition coefficient (Wildman–Crippen LogP) is 2.50. The molecule has 1 amide bonds. The molecule has 0 aromatic heterocycles. The third-order valence-electron chi connectivity index (χ3n) is 3.87. The summed E-state index contributed by atoms with van der Waals surface area (Å²) < 4.78 is 52.7. The number of aryl methyl sites for hydroxylation is 1. The molecule has 0 saturated heterocycles. The molecule has 0 bridgehead atoms. The Morgan fingerprint density at radius 1 is 1.13 bits per heavy atom. The second kappa shape index (κ2) is 5.73. The minimum Gasteiger partial charge on any atom is -0.273 e. The van der Waals surface area contributed by atoms with Crippen LogP contribution in [0, 0.1) is 11.6 Å². The van der Waals surface area contributed by atoms with Crippen molar-refractivity contribution in [1.82, 2.24) is 4.72 Å². The average Bonchev–Trinajstić information content (AvgIpc) is 2.90. The summed E-state index contributed by atoms with van der Waals surface area (Å²) in [5.41, 5.74) is 1.78. The topological polar surface area (TPSA) is 63.2 Å². The van der Waals surface area contributed by atoms with Gasteiger partial charge in [0, 0.05) is 6.07 Å². The molecule has 23 heavy (non-hydrogen) atoms. The van der Waals surface area contributed by atoms with Crippen LogP contribution in [0.5, 0.6) is 0 Å². The summed E-state index contributed by atoms with van der Waals surface area (Å²) >= 11 is 0. The highest BCUT2D eigenvalue weighted by Gasteiger charge is 2.32. The lowest BCUT2D eigenvalue weighted by molar-refractivity contribution is -0.120. The summed E-state index contributed by atoms with van der Waals surface area (Å²) in [4.78, 5) is 11.5. The van der Waals surface area contributed by atoms with Crippen molar-refractivity contribution in [3.8, 4) is 0 Å². The van der Waals surface area contributed by atoms with Crippen LogP contribution >= 0.6 is 0 Å². The van der Waals surface area contributed by atoms with Gasteiger partial charge in [-0.1, -0.05) is 24.3 Å². The molecule has 0 spiro atoms. The van der Waals surface area contributed by atoms with E-state index in [4.69, 9.17) is 0 Å². The van der Waals surface area contributed by atoms with E-state index >= 15 is 0 Å². The maximum atomic E-state index is 13.6. The number of hydrogen-bond acceptors (Lipinski definition) is 3. The zero-order valence-corrected chi connectivity index (χ0v) is 12.7. The Morgan fingerprint density at radius 2 is 1.87 bits per heavy atom. The molecule has 0 saturated carbocycles. The first-order valence-corrected chi connectivity index (χ1v) is 8.46. The van der Waals surface area contributed by atoms with Gasteiger partial charge in [0.15, 0.2) is 0 Å². The van der Waals surface area contributed by atoms with Gasteiger partial charge in [-0.05, 0) is 36.1 Å². The second-order valence-corrected chi connectivity index (χ2v) is 6.99. The first-order valence-electron chi connectivity index (χ1n) is 6.98. The third kappa shape index (κ3) is 2.96. The minimum atomic E-state index is -4.39. The summed E-state index contributed by atoms with van der Waals surface area (Å²) in [6, 6.07) is 9.37. The van der Waals surface area contributed by atoms with Crippen LogP contribution in [0.15, 0.2) is 47.4 Å². The Bertz CT molecular complexity index is 881. The van der Waals surface area contributed by atoms with Crippen molar-refractivity contribution in [1.29, 1.82) is 0 Å². The number of halogens is 2. The molecule has 4 nitrogen and oxygen atoms in total. The van der Waals surface area contributed by atoms with Gasteiger partial charge in [0.1, 0.15) is 16.5 Å². The number of sulfonamides is 1. The number of amides is 1. The quantitative estimate of drug-likeness (QED) is 0.936. The van der Waals surface area contributed by atoms with E-state index in [2.05, 4.69) is 0 Å². The standard InChI is InChI=1S/C16H13F2NO3S/c17-11-6-8-15(14(18)9-11)23(21,22)19-16(20)13-7-5-10-3-1-2-4-12(10)13/h1-4,6,8-9,13H,5,7H2,(H,19,20)/t13-/m1/s1. The second-order valence-electron chi connectivity index (χ2n) is 5.33. The van der Waals surface area contributed by atoms with Gasteiger partial charge in [-0.15, -0.1) is 0 Å². The first kappa shape index (κ1) is 15.6. The largest absolute Gasteiger partial charge is 0.273 e. The van der Waals surface area contributed by atoms with Crippen LogP contribution in [-0.4, -0.2) is 14.3 Å². The molecule has 2 aromatic rings. The Labute approximate surface area is 132 Å². The van der Waals surface area contributed by atoms with Gasteiger partial charge in [0.25, 0.3) is 10.0 Å². The van der Waals surface area contributed by atoms with E-state index in [1.54, 1.807) is 12.1 Å². The molecule has 120 valence electrons. The van der Waals surface area contributed by atoms with Crippen molar-refractivity contribution < 1.29 is 22.0 Å². The van der Waals surface area contributed by atoms with E-state index in [1.807, 2.05) is 16.9 Å². The maximum absolute atomic E-state index is 13.6. The number of hydrogen-bond donors (Lipinski definition) is 1. The van der Waals surface area contributed by atoms with Crippen LogP contribution in [0.1, 0.15) is 23.5 Å². The van der Waals surface area contributed by atoms with E-state index in [9.17, 15) is 22.0 Å². The van der Waals surface area contributed by atoms with Crippen LogP contribution in [0.2, 0.25) is 0 Å². The highest BCUT2D eigenvalue weighted by Crippen LogP contribution is 2.33. The Morgan fingerprint density at radius 3 is 2.61 bits per heavy atom. The van der Waals surface area contributed by atoms with Crippen molar-refractivity contribution in [3.63, 3.8) is 0 Å². The molecule has 0 radical (unpaired) electrons. The van der Waals surface area contributed by atoms with Gasteiger partial charge in [-0.2, -0.15) is 0 Å². The highest BCUT2D eigenvalue weighted by molar-refractivity contribution is 7.90. The molecule has 0 aliphatic heterocycles. The van der Waals surface area contributed by atoms with Crippen LogP contribution in [0.3, 0.4) is 0 Å². The Balaban J connectivity index is 1.85. The number of benzene rings is 2. The number of carbonyl (C=O) groups is 1. The highest BCUT2D eigenvalue weighted by atomic mass is 32.2. The van der Waals surface area contributed by atoms with Gasteiger partial charge in [-0.3, -0.25) is 4.79 Å². The van der Waals surface area contributed by atoms with Gasteiger partial charge >= 0.3 is 0 Å². The van der Waals surface area contributed by atoms with Gasteiger partial charge in [0.2, 0.25) is 5.91 Å². The van der Waals surface area contributed by atoms with Crippen molar-refractivity contribution in [2.24, 2.45) is 0 Å². The number of rotatable bonds is 3. The van der Waals surface area contributed by atoms with Gasteiger partial charge in [0.05, 0.1) is 5.92 Å². The van der Waals surface area contributed by atoms with E-state index in [0.29, 0.717) is 18.9 Å². The molecule has 0 unspecified atom stereocenters. The average molecular weight is 337 g/mol. The summed E-state index contributed by atoms with van der Waals surface area (Å²) in [6.07, 6.45) is 1.17. The Kier molecular flexibility index (Phi) is 3.89. The molecule has 1 aliphatic rings. The molecule has 0 heterocycles. The molecule has 7 heteroatoms. The zero-order chi connectivity index (χ0) is 16.6. The van der Waals surface area contributed by atoms with Crippen LogP contribution < -0.4 is 4.72 Å². The molecule has 2 aromatic carbocycles. The lowest BCUT2D eigenvalue weighted by Gasteiger charge is -2.13. The maximum Gasteiger partial charge on any atom is 0.266 e. The zero-order valence-electron chi connectivity index (χ0n) is 11.9. The van der Waals surface area contributed by atoms with E-state index in [0.717, 1.165) is 23.3 Å². The van der Waals surface area contributed by atoms with Crippen LogP contribution in [-0.2, 0) is 21.2 Å². The molecule has 1 atom stereocenters.